The predicted octanol–water partition coefficient (Wildman–Crippen LogP) is 1.46. The second-order valence-electron chi connectivity index (χ2n) is 5.01. The van der Waals surface area contributed by atoms with Gasteiger partial charge in [-0.2, -0.15) is 0 Å². The summed E-state index contributed by atoms with van der Waals surface area (Å²) in [5.41, 5.74) is 0. The highest BCUT2D eigenvalue weighted by molar-refractivity contribution is 5.96. The molecule has 0 atom stereocenters. The standard InChI is InChI=1S/C14H22N2O3/c1-11(17)9-14(18)16(8-7-15(3)4)10-13-6-5-12(2)19-13/h5-6H,7-10H2,1-4H3. The highest BCUT2D eigenvalue weighted by Crippen LogP contribution is 2.10. The van der Waals surface area contributed by atoms with Crippen LogP contribution in [0.3, 0.4) is 0 Å². The van der Waals surface area contributed by atoms with Gasteiger partial charge in [-0.25, -0.2) is 0 Å². The SMILES string of the molecule is CC(=O)CC(=O)N(CCN(C)C)Cc1ccc(C)o1. The number of furan rings is 1. The highest BCUT2D eigenvalue weighted by atomic mass is 16.3. The quantitative estimate of drug-likeness (QED) is 0.701. The number of hydrogen-bond acceptors (Lipinski definition) is 4. The monoisotopic (exact) mass is 266 g/mol. The molecule has 0 aliphatic carbocycles. The Morgan fingerprint density at radius 3 is 2.37 bits per heavy atom. The van der Waals surface area contributed by atoms with E-state index < -0.39 is 0 Å². The van der Waals surface area contributed by atoms with Crippen molar-refractivity contribution in [1.82, 2.24) is 9.80 Å². The fourth-order valence-electron chi connectivity index (χ4n) is 1.70. The molecule has 19 heavy (non-hydrogen) atoms. The van der Waals surface area contributed by atoms with Crippen molar-refractivity contribution in [2.24, 2.45) is 0 Å². The summed E-state index contributed by atoms with van der Waals surface area (Å²) in [7, 11) is 3.90. The molecule has 106 valence electrons. The molecule has 0 radical (unpaired) electrons. The van der Waals surface area contributed by atoms with Crippen molar-refractivity contribution < 1.29 is 14.0 Å². The molecule has 1 amide bonds. The normalized spacial score (nSPS) is 10.8. The van der Waals surface area contributed by atoms with Gasteiger partial charge in [0.15, 0.2) is 0 Å². The molecule has 1 heterocycles. The van der Waals surface area contributed by atoms with Crippen LogP contribution >= 0.6 is 0 Å². The zero-order chi connectivity index (χ0) is 14.4. The first-order valence-corrected chi connectivity index (χ1v) is 6.35. The van der Waals surface area contributed by atoms with E-state index in [-0.39, 0.29) is 18.1 Å². The number of ketones is 1. The Labute approximate surface area is 114 Å². The molecule has 0 aliphatic rings. The van der Waals surface area contributed by atoms with E-state index in [1.54, 1.807) is 4.90 Å². The van der Waals surface area contributed by atoms with E-state index in [1.165, 1.54) is 6.92 Å². The van der Waals surface area contributed by atoms with E-state index in [1.807, 2.05) is 38.1 Å². The molecule has 0 unspecified atom stereocenters. The molecule has 0 aromatic carbocycles. The maximum absolute atomic E-state index is 12.0. The summed E-state index contributed by atoms with van der Waals surface area (Å²) in [6.07, 6.45) is -0.0485. The minimum absolute atomic E-state index is 0.0485. The summed E-state index contributed by atoms with van der Waals surface area (Å²) in [4.78, 5) is 26.8. The molecule has 0 N–H and O–H groups in total. The first-order chi connectivity index (χ1) is 8.88. The number of carbonyl (C=O) groups is 2. The summed E-state index contributed by atoms with van der Waals surface area (Å²) in [6.45, 7) is 5.04. The van der Waals surface area contributed by atoms with E-state index in [0.29, 0.717) is 13.1 Å². The number of Topliss-reactive ketones (excluding diaryl/α,β-unsaturated/α-hetero) is 1. The molecule has 0 aliphatic heterocycles. The molecular weight excluding hydrogens is 244 g/mol. The van der Waals surface area contributed by atoms with E-state index >= 15 is 0 Å². The van der Waals surface area contributed by atoms with Gasteiger partial charge in [0.2, 0.25) is 5.91 Å². The van der Waals surface area contributed by atoms with Crippen LogP contribution in [0.1, 0.15) is 24.9 Å². The Morgan fingerprint density at radius 2 is 1.89 bits per heavy atom. The van der Waals surface area contributed by atoms with Gasteiger partial charge in [0.25, 0.3) is 0 Å². The van der Waals surface area contributed by atoms with Gasteiger partial charge in [-0.3, -0.25) is 9.59 Å². The Hall–Kier alpha value is -1.62. The number of likely N-dealkylation sites (N-methyl/N-ethyl adjacent to an activating group) is 1. The first kappa shape index (κ1) is 15.4. The lowest BCUT2D eigenvalue weighted by Gasteiger charge is -2.23. The summed E-state index contributed by atoms with van der Waals surface area (Å²) < 4.78 is 5.48. The molecule has 5 nitrogen and oxygen atoms in total. The molecule has 1 aromatic rings. The van der Waals surface area contributed by atoms with Crippen molar-refractivity contribution in [1.29, 1.82) is 0 Å². The third kappa shape index (κ3) is 5.70. The lowest BCUT2D eigenvalue weighted by Crippen LogP contribution is -2.36. The molecule has 0 saturated carbocycles. The maximum atomic E-state index is 12.0. The lowest BCUT2D eigenvalue weighted by atomic mass is 10.2. The van der Waals surface area contributed by atoms with Crippen LogP contribution < -0.4 is 0 Å². The first-order valence-electron chi connectivity index (χ1n) is 6.35. The van der Waals surface area contributed by atoms with Crippen LogP contribution in [0.5, 0.6) is 0 Å². The van der Waals surface area contributed by atoms with Crippen LogP contribution in [-0.2, 0) is 16.1 Å². The van der Waals surface area contributed by atoms with Crippen molar-refractivity contribution in [3.8, 4) is 0 Å². The predicted molar refractivity (Wildman–Crippen MR) is 72.7 cm³/mol. The summed E-state index contributed by atoms with van der Waals surface area (Å²) >= 11 is 0. The topological polar surface area (TPSA) is 53.8 Å². The van der Waals surface area contributed by atoms with E-state index in [0.717, 1.165) is 18.1 Å². The molecule has 0 spiro atoms. The Balaban J connectivity index is 2.67. The second-order valence-corrected chi connectivity index (χ2v) is 5.01. The van der Waals surface area contributed by atoms with E-state index in [4.69, 9.17) is 4.42 Å². The van der Waals surface area contributed by atoms with Crippen molar-refractivity contribution >= 4 is 11.7 Å². The van der Waals surface area contributed by atoms with Gasteiger partial charge in [0, 0.05) is 13.1 Å². The zero-order valence-electron chi connectivity index (χ0n) is 12.1. The Morgan fingerprint density at radius 1 is 1.21 bits per heavy atom. The molecule has 0 fully saturated rings. The Kier molecular flexibility index (Phi) is 5.76. The van der Waals surface area contributed by atoms with Crippen LogP contribution in [0.4, 0.5) is 0 Å². The molecule has 5 heteroatoms. The second kappa shape index (κ2) is 7.09. The Bertz CT molecular complexity index is 438. The van der Waals surface area contributed by atoms with Gasteiger partial charge < -0.3 is 14.2 Å². The minimum Gasteiger partial charge on any atom is -0.464 e. The minimum atomic E-state index is -0.150. The van der Waals surface area contributed by atoms with Crippen LogP contribution in [0, 0.1) is 6.92 Å². The van der Waals surface area contributed by atoms with Crippen molar-refractivity contribution in [2.45, 2.75) is 26.8 Å². The largest absolute Gasteiger partial charge is 0.464 e. The van der Waals surface area contributed by atoms with Gasteiger partial charge in [-0.15, -0.1) is 0 Å². The number of amides is 1. The van der Waals surface area contributed by atoms with Crippen LogP contribution in [-0.4, -0.2) is 48.7 Å². The van der Waals surface area contributed by atoms with Crippen molar-refractivity contribution in [2.75, 3.05) is 27.2 Å². The lowest BCUT2D eigenvalue weighted by molar-refractivity contribution is -0.135. The molecule has 0 bridgehead atoms. The third-order valence-corrected chi connectivity index (χ3v) is 2.71. The number of hydrogen-bond donors (Lipinski definition) is 0. The molecular formula is C14H22N2O3. The van der Waals surface area contributed by atoms with E-state index in [9.17, 15) is 9.59 Å². The van der Waals surface area contributed by atoms with Crippen molar-refractivity contribution in [3.63, 3.8) is 0 Å². The van der Waals surface area contributed by atoms with Gasteiger partial charge >= 0.3 is 0 Å². The van der Waals surface area contributed by atoms with Crippen LogP contribution in [0.2, 0.25) is 0 Å². The third-order valence-electron chi connectivity index (χ3n) is 2.71. The van der Waals surface area contributed by atoms with Crippen LogP contribution in [0.15, 0.2) is 16.5 Å². The summed E-state index contributed by atoms with van der Waals surface area (Å²) in [5, 5.41) is 0. The summed E-state index contributed by atoms with van der Waals surface area (Å²) in [6, 6.07) is 3.73. The summed E-state index contributed by atoms with van der Waals surface area (Å²) in [5.74, 6) is 1.30. The van der Waals surface area contributed by atoms with Gasteiger partial charge in [-0.05, 0) is 40.1 Å². The smallest absolute Gasteiger partial charge is 0.230 e. The number of rotatable bonds is 7. The number of aryl methyl sites for hydroxylation is 1. The number of nitrogens with zero attached hydrogens (tertiary/aromatic N) is 2. The molecule has 1 rings (SSSR count). The van der Waals surface area contributed by atoms with Gasteiger partial charge in [-0.1, -0.05) is 0 Å². The highest BCUT2D eigenvalue weighted by Gasteiger charge is 2.17. The zero-order valence-corrected chi connectivity index (χ0v) is 12.1. The van der Waals surface area contributed by atoms with Gasteiger partial charge in [0.1, 0.15) is 17.3 Å². The average Bonchev–Trinajstić information content (AvgIpc) is 2.68. The van der Waals surface area contributed by atoms with Crippen LogP contribution in [0.25, 0.3) is 0 Å². The fourth-order valence-corrected chi connectivity index (χ4v) is 1.70. The average molecular weight is 266 g/mol. The number of carbonyl (C=O) groups excluding carboxylic acids is 2. The molecule has 0 saturated heterocycles. The molecule has 1 aromatic heterocycles. The van der Waals surface area contributed by atoms with Crippen molar-refractivity contribution in [3.05, 3.63) is 23.7 Å². The van der Waals surface area contributed by atoms with Gasteiger partial charge in [0.05, 0.1) is 13.0 Å². The van der Waals surface area contributed by atoms with E-state index in [2.05, 4.69) is 0 Å². The maximum Gasteiger partial charge on any atom is 0.230 e. The fraction of sp³-hybridized carbons (Fsp3) is 0.571.